The van der Waals surface area contributed by atoms with E-state index in [1.54, 1.807) is 6.07 Å². The lowest BCUT2D eigenvalue weighted by molar-refractivity contribution is 0.00578. The first kappa shape index (κ1) is 15.3. The van der Waals surface area contributed by atoms with E-state index < -0.39 is 24.2 Å². The maximum absolute atomic E-state index is 11.7. The summed E-state index contributed by atoms with van der Waals surface area (Å²) >= 11 is 0. The molecule has 1 aromatic heterocycles. The van der Waals surface area contributed by atoms with Crippen molar-refractivity contribution in [2.24, 2.45) is 5.73 Å². The Hall–Kier alpha value is -1.60. The van der Waals surface area contributed by atoms with Crippen molar-refractivity contribution in [1.82, 2.24) is 4.98 Å². The van der Waals surface area contributed by atoms with Gasteiger partial charge in [0.1, 0.15) is 5.59 Å². The maximum Gasteiger partial charge on any atom is 0.518 e. The predicted octanol–water partition coefficient (Wildman–Crippen LogP) is 1.02. The Balaban J connectivity index is 2.00. The minimum Gasteiger partial charge on any atom is -0.488 e. The third-order valence-electron chi connectivity index (χ3n) is 4.48. The van der Waals surface area contributed by atoms with E-state index in [9.17, 15) is 4.79 Å². The minimum atomic E-state index is -0.682. The fraction of sp³-hybridized carbons (Fsp3) is 0.600. The summed E-state index contributed by atoms with van der Waals surface area (Å²) in [4.78, 5) is 16.0. The van der Waals surface area contributed by atoms with E-state index in [0.717, 1.165) is 12.8 Å². The Morgan fingerprint density at radius 2 is 1.91 bits per heavy atom. The van der Waals surface area contributed by atoms with Gasteiger partial charge in [-0.1, -0.05) is 0 Å². The molecule has 7 heteroatoms. The standard InChI is InChI=1S/C15H21BN2O4/c1-14(2)15(3,4)22-16(21-14)12-11(20-9-5-6-9)10(13(17)19)7-8-18-12/h7-9H,5-6H2,1-4H3,(H2,17,19). The summed E-state index contributed by atoms with van der Waals surface area (Å²) in [6.07, 6.45) is 3.58. The van der Waals surface area contributed by atoms with E-state index in [1.807, 2.05) is 27.7 Å². The number of ether oxygens (including phenoxy) is 1. The molecular weight excluding hydrogens is 283 g/mol. The number of aromatic nitrogens is 1. The molecule has 0 atom stereocenters. The first-order chi connectivity index (χ1) is 10.2. The van der Waals surface area contributed by atoms with Gasteiger partial charge >= 0.3 is 7.12 Å². The number of carbonyl (C=O) groups is 1. The lowest BCUT2D eigenvalue weighted by Gasteiger charge is -2.32. The van der Waals surface area contributed by atoms with E-state index in [1.165, 1.54) is 6.20 Å². The number of hydrogen-bond acceptors (Lipinski definition) is 5. The molecule has 1 amide bonds. The van der Waals surface area contributed by atoms with Crippen LogP contribution in [0.3, 0.4) is 0 Å². The van der Waals surface area contributed by atoms with Crippen molar-refractivity contribution in [2.75, 3.05) is 0 Å². The predicted molar refractivity (Wildman–Crippen MR) is 82.1 cm³/mol. The molecule has 3 rings (SSSR count). The summed E-state index contributed by atoms with van der Waals surface area (Å²) < 4.78 is 17.9. The molecule has 2 heterocycles. The van der Waals surface area contributed by atoms with Crippen LogP contribution in [0.1, 0.15) is 50.9 Å². The molecule has 1 aliphatic carbocycles. The highest BCUT2D eigenvalue weighted by Gasteiger charge is 2.53. The van der Waals surface area contributed by atoms with Gasteiger partial charge < -0.3 is 19.8 Å². The van der Waals surface area contributed by atoms with Crippen molar-refractivity contribution in [1.29, 1.82) is 0 Å². The van der Waals surface area contributed by atoms with Crippen LogP contribution in [0, 0.1) is 0 Å². The van der Waals surface area contributed by atoms with Crippen molar-refractivity contribution in [2.45, 2.75) is 57.8 Å². The molecule has 2 fully saturated rings. The van der Waals surface area contributed by atoms with Crippen molar-refractivity contribution in [3.05, 3.63) is 17.8 Å². The second-order valence-electron chi connectivity index (χ2n) is 6.84. The van der Waals surface area contributed by atoms with E-state index in [4.69, 9.17) is 19.8 Å². The number of amides is 1. The molecule has 22 heavy (non-hydrogen) atoms. The SMILES string of the molecule is CC1(C)OB(c2nccc(C(N)=O)c2OC2CC2)OC1(C)C. The van der Waals surface area contributed by atoms with Crippen LogP contribution in [0.15, 0.2) is 12.3 Å². The lowest BCUT2D eigenvalue weighted by Crippen LogP contribution is -2.41. The van der Waals surface area contributed by atoms with Crippen molar-refractivity contribution >= 4 is 18.6 Å². The van der Waals surface area contributed by atoms with Gasteiger partial charge in [-0.25, -0.2) is 0 Å². The quantitative estimate of drug-likeness (QED) is 0.840. The van der Waals surface area contributed by atoms with Gasteiger partial charge in [-0.2, -0.15) is 0 Å². The Morgan fingerprint density at radius 3 is 2.41 bits per heavy atom. The molecule has 0 bridgehead atoms. The van der Waals surface area contributed by atoms with Crippen molar-refractivity contribution in [3.8, 4) is 5.75 Å². The zero-order valence-electron chi connectivity index (χ0n) is 13.4. The number of nitrogens with zero attached hydrogens (tertiary/aromatic N) is 1. The second kappa shape index (κ2) is 4.96. The van der Waals surface area contributed by atoms with Crippen molar-refractivity contribution in [3.63, 3.8) is 0 Å². The van der Waals surface area contributed by atoms with E-state index >= 15 is 0 Å². The van der Waals surface area contributed by atoms with Gasteiger partial charge in [0.25, 0.3) is 5.91 Å². The average Bonchev–Trinajstić information content (AvgIpc) is 3.17. The van der Waals surface area contributed by atoms with Crippen LogP contribution < -0.4 is 16.1 Å². The fourth-order valence-electron chi connectivity index (χ4n) is 2.26. The van der Waals surface area contributed by atoms with Gasteiger partial charge in [0.2, 0.25) is 0 Å². The van der Waals surface area contributed by atoms with Crippen LogP contribution in [0.25, 0.3) is 0 Å². The molecule has 6 nitrogen and oxygen atoms in total. The number of carbonyl (C=O) groups excluding carboxylic acids is 1. The fourth-order valence-corrected chi connectivity index (χ4v) is 2.26. The molecule has 2 aliphatic rings. The van der Waals surface area contributed by atoms with Crippen LogP contribution in [-0.2, 0) is 9.31 Å². The van der Waals surface area contributed by atoms with Gasteiger partial charge in [-0.05, 0) is 46.6 Å². The van der Waals surface area contributed by atoms with Crippen LogP contribution in [0.2, 0.25) is 0 Å². The molecule has 118 valence electrons. The number of hydrogen-bond donors (Lipinski definition) is 1. The Morgan fingerprint density at radius 1 is 1.32 bits per heavy atom. The number of rotatable bonds is 4. The Kier molecular flexibility index (Phi) is 3.45. The monoisotopic (exact) mass is 304 g/mol. The average molecular weight is 304 g/mol. The summed E-state index contributed by atoms with van der Waals surface area (Å²) in [5.74, 6) is -0.160. The number of pyridine rings is 1. The van der Waals surface area contributed by atoms with Crippen LogP contribution in [0.5, 0.6) is 5.75 Å². The van der Waals surface area contributed by atoms with Crippen LogP contribution in [-0.4, -0.2) is 35.3 Å². The first-order valence-corrected chi connectivity index (χ1v) is 7.52. The molecule has 0 unspecified atom stereocenters. The first-order valence-electron chi connectivity index (χ1n) is 7.52. The van der Waals surface area contributed by atoms with Crippen LogP contribution in [0.4, 0.5) is 0 Å². The number of nitrogens with two attached hydrogens (primary N) is 1. The minimum absolute atomic E-state index is 0.114. The summed E-state index contributed by atoms with van der Waals surface area (Å²) in [7, 11) is -0.682. The largest absolute Gasteiger partial charge is 0.518 e. The Bertz CT molecular complexity index is 598. The third kappa shape index (κ3) is 2.59. The smallest absolute Gasteiger partial charge is 0.488 e. The molecule has 0 radical (unpaired) electrons. The molecule has 1 saturated carbocycles. The molecule has 0 spiro atoms. The van der Waals surface area contributed by atoms with Crippen LogP contribution >= 0.6 is 0 Å². The maximum atomic E-state index is 11.7. The van der Waals surface area contributed by atoms with E-state index in [-0.39, 0.29) is 6.10 Å². The highest BCUT2D eigenvalue weighted by Crippen LogP contribution is 2.37. The second-order valence-corrected chi connectivity index (χ2v) is 6.84. The van der Waals surface area contributed by atoms with E-state index in [2.05, 4.69) is 4.98 Å². The topological polar surface area (TPSA) is 83.7 Å². The highest BCUT2D eigenvalue weighted by atomic mass is 16.7. The molecular formula is C15H21BN2O4. The van der Waals surface area contributed by atoms with Gasteiger partial charge in [0.05, 0.1) is 22.9 Å². The zero-order valence-corrected chi connectivity index (χ0v) is 13.4. The van der Waals surface area contributed by atoms with Crippen molar-refractivity contribution < 1.29 is 18.8 Å². The number of primary amides is 1. The summed E-state index contributed by atoms with van der Waals surface area (Å²) in [6.45, 7) is 7.86. The molecule has 1 saturated heterocycles. The van der Waals surface area contributed by atoms with Gasteiger partial charge in [0.15, 0.2) is 5.75 Å². The van der Waals surface area contributed by atoms with Gasteiger partial charge in [-0.15, -0.1) is 0 Å². The normalized spacial score (nSPS) is 22.6. The van der Waals surface area contributed by atoms with E-state index in [0.29, 0.717) is 16.9 Å². The zero-order chi connectivity index (χ0) is 16.1. The molecule has 1 aromatic rings. The Labute approximate surface area is 130 Å². The summed E-state index contributed by atoms with van der Waals surface area (Å²) in [5.41, 5.74) is 5.27. The van der Waals surface area contributed by atoms with Gasteiger partial charge in [0, 0.05) is 6.20 Å². The molecule has 2 N–H and O–H groups in total. The lowest BCUT2D eigenvalue weighted by atomic mass is 9.82. The third-order valence-corrected chi connectivity index (χ3v) is 4.48. The highest BCUT2D eigenvalue weighted by molar-refractivity contribution is 6.62. The molecule has 0 aromatic carbocycles. The molecule has 1 aliphatic heterocycles. The van der Waals surface area contributed by atoms with Gasteiger partial charge in [-0.3, -0.25) is 9.78 Å². The summed E-state index contributed by atoms with van der Waals surface area (Å²) in [5, 5.41) is 0. The summed E-state index contributed by atoms with van der Waals surface area (Å²) in [6, 6.07) is 1.56.